The lowest BCUT2D eigenvalue weighted by molar-refractivity contribution is 0.0904. The standard InChI is InChI=1S/C28H30ClN5OS.3C2H6/c1-27(2,20-5-7-23(8-6-20)35-16-22-9-12-31-26(32-22)33-36-3)21-13-19(15-30)25(24(29)14-21)34-17-28(18-34)10-4-11-28;3*1-2/h5-9,12-14H,4,10-11,16-18H2,1-3H3,(H,31,32,33);3*1-2H3. The van der Waals surface area contributed by atoms with E-state index in [2.05, 4.69) is 51.6 Å². The number of benzene rings is 2. The smallest absolute Gasteiger partial charge is 0.233 e. The van der Waals surface area contributed by atoms with Crippen LogP contribution in [-0.2, 0) is 12.0 Å². The fourth-order valence-corrected chi connectivity index (χ4v) is 5.81. The van der Waals surface area contributed by atoms with Crippen LogP contribution in [0.25, 0.3) is 0 Å². The van der Waals surface area contributed by atoms with E-state index < -0.39 is 0 Å². The van der Waals surface area contributed by atoms with Crippen LogP contribution in [0, 0.1) is 16.7 Å². The van der Waals surface area contributed by atoms with Crippen molar-refractivity contribution >= 4 is 35.2 Å². The van der Waals surface area contributed by atoms with Crippen molar-refractivity contribution in [3.63, 3.8) is 0 Å². The van der Waals surface area contributed by atoms with Crippen LogP contribution in [0.4, 0.5) is 11.6 Å². The topological polar surface area (TPSA) is 74.1 Å². The van der Waals surface area contributed by atoms with Crippen LogP contribution in [0.5, 0.6) is 5.75 Å². The zero-order chi connectivity index (χ0) is 31.3. The number of rotatable bonds is 8. The Bertz CT molecular complexity index is 1290. The molecule has 2 heterocycles. The molecule has 3 aromatic rings. The number of halogens is 1. The van der Waals surface area contributed by atoms with Crippen LogP contribution >= 0.6 is 23.5 Å². The number of hydrogen-bond acceptors (Lipinski definition) is 7. The van der Waals surface area contributed by atoms with E-state index in [1.807, 2.05) is 78.1 Å². The van der Waals surface area contributed by atoms with E-state index >= 15 is 0 Å². The fraction of sp³-hybridized carbons (Fsp3) is 0.500. The Morgan fingerprint density at radius 1 is 1.02 bits per heavy atom. The zero-order valence-electron chi connectivity index (χ0n) is 26.8. The van der Waals surface area contributed by atoms with Gasteiger partial charge in [0.05, 0.1) is 22.0 Å². The molecule has 1 spiro atoms. The van der Waals surface area contributed by atoms with Gasteiger partial charge in [-0.05, 0) is 54.3 Å². The molecule has 1 aromatic heterocycles. The summed E-state index contributed by atoms with van der Waals surface area (Å²) in [6.45, 7) is 18.7. The minimum atomic E-state index is -0.332. The first-order chi connectivity index (χ1) is 20.3. The van der Waals surface area contributed by atoms with Gasteiger partial charge in [0.1, 0.15) is 18.4 Å². The maximum absolute atomic E-state index is 9.94. The summed E-state index contributed by atoms with van der Waals surface area (Å²) in [5.74, 6) is 1.33. The Labute approximate surface area is 263 Å². The number of hydrogen-bond donors (Lipinski definition) is 1. The molecule has 8 heteroatoms. The predicted octanol–water partition coefficient (Wildman–Crippen LogP) is 9.67. The zero-order valence-corrected chi connectivity index (χ0v) is 28.4. The minimum absolute atomic E-state index is 0.332. The van der Waals surface area contributed by atoms with Gasteiger partial charge in [-0.1, -0.05) is 97.5 Å². The van der Waals surface area contributed by atoms with Gasteiger partial charge in [-0.25, -0.2) is 9.97 Å². The molecule has 1 aliphatic heterocycles. The van der Waals surface area contributed by atoms with Crippen LogP contribution in [-0.4, -0.2) is 29.3 Å². The lowest BCUT2D eigenvalue weighted by atomic mass is 9.63. The first kappa shape index (κ1) is 35.2. The lowest BCUT2D eigenvalue weighted by Gasteiger charge is -2.57. The highest BCUT2D eigenvalue weighted by Gasteiger charge is 2.48. The molecule has 5 rings (SSSR count). The molecular weight excluding hydrogens is 562 g/mol. The van der Waals surface area contributed by atoms with Crippen LogP contribution in [0.15, 0.2) is 48.7 Å². The molecule has 0 radical (unpaired) electrons. The molecule has 228 valence electrons. The first-order valence-electron chi connectivity index (χ1n) is 15.2. The lowest BCUT2D eigenvalue weighted by Crippen LogP contribution is -2.60. The molecule has 2 aromatic carbocycles. The Morgan fingerprint density at radius 2 is 1.67 bits per heavy atom. The van der Waals surface area contributed by atoms with Gasteiger partial charge in [0.2, 0.25) is 5.95 Å². The number of aromatic nitrogens is 2. The third-order valence-corrected chi connectivity index (χ3v) is 8.23. The van der Waals surface area contributed by atoms with Gasteiger partial charge in [-0.3, -0.25) is 4.72 Å². The Morgan fingerprint density at radius 3 is 2.21 bits per heavy atom. The van der Waals surface area contributed by atoms with E-state index in [9.17, 15) is 5.26 Å². The number of nitrogens with one attached hydrogen (secondary N) is 1. The van der Waals surface area contributed by atoms with E-state index in [0.717, 1.165) is 41.3 Å². The van der Waals surface area contributed by atoms with E-state index in [1.165, 1.54) is 31.2 Å². The van der Waals surface area contributed by atoms with E-state index in [-0.39, 0.29) is 5.41 Å². The molecule has 1 N–H and O–H groups in total. The number of ether oxygens (including phenoxy) is 1. The molecule has 0 amide bonds. The second-order valence-electron chi connectivity index (χ2n) is 10.3. The van der Waals surface area contributed by atoms with Gasteiger partial charge >= 0.3 is 0 Å². The van der Waals surface area contributed by atoms with Gasteiger partial charge < -0.3 is 9.64 Å². The van der Waals surface area contributed by atoms with Crippen molar-refractivity contribution in [1.82, 2.24) is 9.97 Å². The SMILES string of the molecule is CC.CC.CC.CSNc1nccc(COc2ccc(C(C)(C)c3cc(Cl)c(N4CC5(CCC5)C4)c(C#N)c3)cc2)n1. The highest BCUT2D eigenvalue weighted by Crippen LogP contribution is 2.51. The number of anilines is 2. The van der Waals surface area contributed by atoms with E-state index in [1.54, 1.807) is 6.20 Å². The second-order valence-corrected chi connectivity index (χ2v) is 11.3. The normalized spacial score (nSPS) is 14.3. The summed E-state index contributed by atoms with van der Waals surface area (Å²) in [6, 6.07) is 16.4. The molecule has 0 unspecified atom stereocenters. The van der Waals surface area contributed by atoms with Crippen LogP contribution in [0.2, 0.25) is 5.02 Å². The van der Waals surface area contributed by atoms with Gasteiger partial charge in [0, 0.05) is 36.4 Å². The van der Waals surface area contributed by atoms with E-state index in [0.29, 0.717) is 28.6 Å². The van der Waals surface area contributed by atoms with Gasteiger partial charge in [0.25, 0.3) is 0 Å². The molecule has 6 nitrogen and oxygen atoms in total. The van der Waals surface area contributed by atoms with Crippen molar-refractivity contribution in [2.45, 2.75) is 86.7 Å². The summed E-state index contributed by atoms with van der Waals surface area (Å²) in [5, 5.41) is 10.6. The molecule has 2 aliphatic rings. The summed E-state index contributed by atoms with van der Waals surface area (Å²) >= 11 is 8.24. The van der Waals surface area contributed by atoms with Crippen molar-refractivity contribution in [3.8, 4) is 11.8 Å². The maximum Gasteiger partial charge on any atom is 0.233 e. The third kappa shape index (κ3) is 8.11. The average Bonchev–Trinajstić information content (AvgIpc) is 2.99. The van der Waals surface area contributed by atoms with Crippen molar-refractivity contribution in [3.05, 3.63) is 76.1 Å². The first-order valence-corrected chi connectivity index (χ1v) is 16.8. The van der Waals surface area contributed by atoms with Gasteiger partial charge in [0.15, 0.2) is 0 Å². The summed E-state index contributed by atoms with van der Waals surface area (Å²) in [5.41, 5.74) is 4.62. The monoisotopic (exact) mass is 609 g/mol. The Balaban J connectivity index is 0.000000966. The minimum Gasteiger partial charge on any atom is -0.487 e. The fourth-order valence-electron chi connectivity index (χ4n) is 5.19. The summed E-state index contributed by atoms with van der Waals surface area (Å²) in [6.07, 6.45) is 7.55. The van der Waals surface area contributed by atoms with Crippen LogP contribution < -0.4 is 14.4 Å². The summed E-state index contributed by atoms with van der Waals surface area (Å²) in [7, 11) is 0. The highest BCUT2D eigenvalue weighted by atomic mass is 35.5. The van der Waals surface area contributed by atoms with Gasteiger partial charge in [-0.2, -0.15) is 5.26 Å². The van der Waals surface area contributed by atoms with Crippen molar-refractivity contribution < 1.29 is 4.74 Å². The van der Waals surface area contributed by atoms with Crippen molar-refractivity contribution in [1.29, 1.82) is 5.26 Å². The van der Waals surface area contributed by atoms with Crippen LogP contribution in [0.3, 0.4) is 0 Å². The Hall–Kier alpha value is -2.95. The predicted molar refractivity (Wildman–Crippen MR) is 181 cm³/mol. The van der Waals surface area contributed by atoms with E-state index in [4.69, 9.17) is 16.3 Å². The molecule has 0 bridgehead atoms. The second kappa shape index (κ2) is 16.6. The third-order valence-electron chi connectivity index (χ3n) is 7.56. The number of nitriles is 1. The highest BCUT2D eigenvalue weighted by molar-refractivity contribution is 7.99. The molecule has 1 saturated carbocycles. The maximum atomic E-state index is 9.94. The summed E-state index contributed by atoms with van der Waals surface area (Å²) in [4.78, 5) is 10.9. The van der Waals surface area contributed by atoms with Crippen LogP contribution in [0.1, 0.15) is 97.0 Å². The average molecular weight is 610 g/mol. The number of nitrogens with zero attached hydrogens (tertiary/aromatic N) is 4. The quantitative estimate of drug-likeness (QED) is 0.255. The molecule has 0 atom stereocenters. The van der Waals surface area contributed by atoms with Crippen molar-refractivity contribution in [2.75, 3.05) is 29.0 Å². The molecule has 1 aliphatic carbocycles. The van der Waals surface area contributed by atoms with Crippen molar-refractivity contribution in [2.24, 2.45) is 5.41 Å². The van der Waals surface area contributed by atoms with Gasteiger partial charge in [-0.15, -0.1) is 0 Å². The molecule has 2 fully saturated rings. The summed E-state index contributed by atoms with van der Waals surface area (Å²) < 4.78 is 8.98. The Kier molecular flexibility index (Phi) is 14.0. The molecule has 42 heavy (non-hydrogen) atoms. The molecular formula is C34H48ClN5OS. The largest absolute Gasteiger partial charge is 0.487 e. The molecule has 1 saturated heterocycles.